The van der Waals surface area contributed by atoms with E-state index in [0.717, 1.165) is 6.42 Å². The number of aromatic nitrogens is 1. The van der Waals surface area contributed by atoms with Crippen molar-refractivity contribution >= 4 is 21.6 Å². The van der Waals surface area contributed by atoms with Crippen LogP contribution in [0.1, 0.15) is 27.2 Å². The molecule has 19 heavy (non-hydrogen) atoms. The van der Waals surface area contributed by atoms with Crippen LogP contribution in [0.5, 0.6) is 0 Å². The Balaban J connectivity index is 2.38. The van der Waals surface area contributed by atoms with Crippen LogP contribution in [0.15, 0.2) is 23.2 Å². The molecule has 106 valence electrons. The molecule has 1 aliphatic rings. The second kappa shape index (κ2) is 5.38. The molecule has 2 heterocycles. The first-order valence-corrected chi connectivity index (χ1v) is 8.27. The summed E-state index contributed by atoms with van der Waals surface area (Å²) >= 11 is 5.79. The second-order valence-electron chi connectivity index (χ2n) is 5.45. The summed E-state index contributed by atoms with van der Waals surface area (Å²) in [6.07, 6.45) is 2.49. The fraction of sp³-hybridized carbons (Fsp3) is 0.615. The molecule has 3 atom stereocenters. The number of rotatable bonds is 2. The van der Waals surface area contributed by atoms with Gasteiger partial charge in [0.25, 0.3) is 0 Å². The van der Waals surface area contributed by atoms with Crippen molar-refractivity contribution in [2.45, 2.75) is 38.1 Å². The van der Waals surface area contributed by atoms with E-state index < -0.39 is 10.0 Å². The highest BCUT2D eigenvalue weighted by Gasteiger charge is 2.37. The van der Waals surface area contributed by atoms with E-state index in [0.29, 0.717) is 18.4 Å². The summed E-state index contributed by atoms with van der Waals surface area (Å²) < 4.78 is 27.0. The minimum absolute atomic E-state index is 0.00754. The summed E-state index contributed by atoms with van der Waals surface area (Å²) in [6, 6.07) is 2.92. The van der Waals surface area contributed by atoms with Gasteiger partial charge in [0, 0.05) is 18.8 Å². The van der Waals surface area contributed by atoms with Crippen molar-refractivity contribution in [3.63, 3.8) is 0 Å². The van der Waals surface area contributed by atoms with Crippen molar-refractivity contribution in [1.29, 1.82) is 0 Å². The molecular formula is C13H19ClN2O2S. The van der Waals surface area contributed by atoms with Gasteiger partial charge in [0.05, 0.1) is 4.90 Å². The number of hydrogen-bond donors (Lipinski definition) is 0. The molecule has 4 nitrogen and oxygen atoms in total. The zero-order valence-electron chi connectivity index (χ0n) is 11.4. The number of hydrogen-bond acceptors (Lipinski definition) is 3. The van der Waals surface area contributed by atoms with Crippen LogP contribution < -0.4 is 0 Å². The van der Waals surface area contributed by atoms with Crippen molar-refractivity contribution in [2.75, 3.05) is 6.54 Å². The molecule has 0 amide bonds. The van der Waals surface area contributed by atoms with Crippen LogP contribution in [-0.2, 0) is 10.0 Å². The Morgan fingerprint density at radius 2 is 2.05 bits per heavy atom. The summed E-state index contributed by atoms with van der Waals surface area (Å²) in [6.45, 7) is 6.72. The summed E-state index contributed by atoms with van der Waals surface area (Å²) in [7, 11) is -3.49. The lowest BCUT2D eigenvalue weighted by molar-refractivity contribution is 0.157. The molecule has 1 aliphatic heterocycles. The van der Waals surface area contributed by atoms with Crippen LogP contribution >= 0.6 is 11.6 Å². The van der Waals surface area contributed by atoms with Gasteiger partial charge in [-0.1, -0.05) is 25.4 Å². The predicted molar refractivity (Wildman–Crippen MR) is 75.5 cm³/mol. The van der Waals surface area contributed by atoms with Gasteiger partial charge in [-0.15, -0.1) is 0 Å². The summed E-state index contributed by atoms with van der Waals surface area (Å²) in [5.41, 5.74) is 0. The van der Waals surface area contributed by atoms with E-state index >= 15 is 0 Å². The van der Waals surface area contributed by atoms with Crippen LogP contribution in [-0.4, -0.2) is 30.3 Å². The van der Waals surface area contributed by atoms with Gasteiger partial charge in [-0.05, 0) is 37.3 Å². The van der Waals surface area contributed by atoms with Crippen LogP contribution in [0, 0.1) is 11.8 Å². The molecule has 0 spiro atoms. The zero-order valence-corrected chi connectivity index (χ0v) is 12.9. The SMILES string of the molecule is CC1CC(C)C(C)N(S(=O)(=O)c2ccnc(Cl)c2)C1. The zero-order chi connectivity index (χ0) is 14.2. The van der Waals surface area contributed by atoms with E-state index in [1.54, 1.807) is 4.31 Å². The quantitative estimate of drug-likeness (QED) is 0.789. The average Bonchev–Trinajstić information content (AvgIpc) is 2.33. The Bertz CT molecular complexity index is 562. The van der Waals surface area contributed by atoms with Gasteiger partial charge >= 0.3 is 0 Å². The van der Waals surface area contributed by atoms with Crippen molar-refractivity contribution in [3.8, 4) is 0 Å². The lowest BCUT2D eigenvalue weighted by atomic mass is 9.88. The van der Waals surface area contributed by atoms with E-state index in [1.807, 2.05) is 6.92 Å². The second-order valence-corrected chi connectivity index (χ2v) is 7.73. The third-order valence-corrected chi connectivity index (χ3v) is 6.00. The number of piperidine rings is 1. The Morgan fingerprint density at radius 3 is 2.68 bits per heavy atom. The predicted octanol–water partition coefficient (Wildman–Crippen LogP) is 2.79. The molecule has 0 aromatic carbocycles. The van der Waals surface area contributed by atoms with Gasteiger partial charge < -0.3 is 0 Å². The normalized spacial score (nSPS) is 29.4. The average molecular weight is 303 g/mol. The summed E-state index contributed by atoms with van der Waals surface area (Å²) in [5, 5.41) is 0.201. The molecule has 3 unspecified atom stereocenters. The monoisotopic (exact) mass is 302 g/mol. The highest BCUT2D eigenvalue weighted by atomic mass is 35.5. The van der Waals surface area contributed by atoms with Gasteiger partial charge in [-0.3, -0.25) is 0 Å². The third-order valence-electron chi connectivity index (χ3n) is 3.85. The molecule has 1 aromatic heterocycles. The van der Waals surface area contributed by atoms with Crippen molar-refractivity contribution in [3.05, 3.63) is 23.5 Å². The maximum atomic E-state index is 12.7. The number of halogens is 1. The minimum atomic E-state index is -3.49. The minimum Gasteiger partial charge on any atom is -0.244 e. The molecule has 1 fully saturated rings. The lowest BCUT2D eigenvalue weighted by Crippen LogP contribution is -2.48. The Labute approximate surface area is 119 Å². The van der Waals surface area contributed by atoms with Gasteiger partial charge in [0.2, 0.25) is 10.0 Å². The van der Waals surface area contributed by atoms with E-state index in [2.05, 4.69) is 18.8 Å². The number of nitrogens with zero attached hydrogens (tertiary/aromatic N) is 2. The van der Waals surface area contributed by atoms with Crippen molar-refractivity contribution in [1.82, 2.24) is 9.29 Å². The van der Waals surface area contributed by atoms with Crippen LogP contribution in [0.3, 0.4) is 0 Å². The largest absolute Gasteiger partial charge is 0.244 e. The molecule has 0 bridgehead atoms. The number of sulfonamides is 1. The van der Waals surface area contributed by atoms with Crippen LogP contribution in [0.2, 0.25) is 5.15 Å². The first-order chi connectivity index (χ1) is 8.82. The topological polar surface area (TPSA) is 50.3 Å². The fourth-order valence-electron chi connectivity index (χ4n) is 2.66. The molecule has 1 saturated heterocycles. The molecule has 0 radical (unpaired) electrons. The van der Waals surface area contributed by atoms with E-state index in [-0.39, 0.29) is 16.1 Å². The summed E-state index contributed by atoms with van der Waals surface area (Å²) in [5.74, 6) is 0.731. The van der Waals surface area contributed by atoms with E-state index in [1.165, 1.54) is 18.3 Å². The lowest BCUT2D eigenvalue weighted by Gasteiger charge is -2.39. The van der Waals surface area contributed by atoms with Gasteiger partial charge in [0.1, 0.15) is 5.15 Å². The smallest absolute Gasteiger partial charge is 0.243 e. The van der Waals surface area contributed by atoms with Gasteiger partial charge in [-0.25, -0.2) is 13.4 Å². The Hall–Kier alpha value is -0.650. The highest BCUT2D eigenvalue weighted by Crippen LogP contribution is 2.31. The van der Waals surface area contributed by atoms with E-state index in [4.69, 9.17) is 11.6 Å². The summed E-state index contributed by atoms with van der Waals surface area (Å²) in [4.78, 5) is 4.05. The number of pyridine rings is 1. The highest BCUT2D eigenvalue weighted by molar-refractivity contribution is 7.89. The molecule has 0 saturated carbocycles. The van der Waals surface area contributed by atoms with Gasteiger partial charge in [0.15, 0.2) is 0 Å². The van der Waals surface area contributed by atoms with Crippen molar-refractivity contribution < 1.29 is 8.42 Å². The van der Waals surface area contributed by atoms with Crippen LogP contribution in [0.4, 0.5) is 0 Å². The van der Waals surface area contributed by atoms with E-state index in [9.17, 15) is 8.42 Å². The Kier molecular flexibility index (Phi) is 4.18. The molecule has 6 heteroatoms. The molecule has 0 N–H and O–H groups in total. The van der Waals surface area contributed by atoms with Gasteiger partial charge in [-0.2, -0.15) is 4.31 Å². The molecule has 0 aliphatic carbocycles. The maximum Gasteiger partial charge on any atom is 0.243 e. The first kappa shape index (κ1) is 14.8. The first-order valence-electron chi connectivity index (χ1n) is 6.45. The van der Waals surface area contributed by atoms with Crippen LogP contribution in [0.25, 0.3) is 0 Å². The third kappa shape index (κ3) is 2.93. The fourth-order valence-corrected chi connectivity index (χ4v) is 4.76. The molecule has 2 rings (SSSR count). The standard InChI is InChI=1S/C13H19ClN2O2S/c1-9-6-10(2)11(3)16(8-9)19(17,18)12-4-5-15-13(14)7-12/h4-5,7,9-11H,6,8H2,1-3H3. The van der Waals surface area contributed by atoms with Crippen molar-refractivity contribution in [2.24, 2.45) is 11.8 Å². The molecule has 1 aromatic rings. The Morgan fingerprint density at radius 1 is 1.37 bits per heavy atom. The maximum absolute atomic E-state index is 12.7. The molecular weight excluding hydrogens is 284 g/mol.